The van der Waals surface area contributed by atoms with Crippen molar-refractivity contribution in [3.63, 3.8) is 0 Å². The minimum Gasteiger partial charge on any atom is -0.368 e. The second-order valence-corrected chi connectivity index (χ2v) is 6.28. The summed E-state index contributed by atoms with van der Waals surface area (Å²) < 4.78 is 10.9. The van der Waals surface area contributed by atoms with E-state index < -0.39 is 0 Å². The van der Waals surface area contributed by atoms with Gasteiger partial charge in [-0.1, -0.05) is 18.5 Å². The van der Waals surface area contributed by atoms with Crippen molar-refractivity contribution >= 4 is 5.91 Å². The Morgan fingerprint density at radius 1 is 1.36 bits per heavy atom. The zero-order valence-corrected chi connectivity index (χ0v) is 13.3. The first kappa shape index (κ1) is 15.5. The van der Waals surface area contributed by atoms with Crippen molar-refractivity contribution in [1.82, 2.24) is 15.0 Å². The summed E-state index contributed by atoms with van der Waals surface area (Å²) in [5.41, 5.74) is 0. The van der Waals surface area contributed by atoms with Crippen LogP contribution in [-0.4, -0.2) is 46.7 Å². The van der Waals surface area contributed by atoms with E-state index in [1.165, 1.54) is 0 Å². The van der Waals surface area contributed by atoms with E-state index in [4.69, 9.17) is 9.26 Å². The van der Waals surface area contributed by atoms with Gasteiger partial charge in [-0.25, -0.2) is 0 Å². The zero-order valence-electron chi connectivity index (χ0n) is 13.3. The van der Waals surface area contributed by atoms with Gasteiger partial charge in [0.15, 0.2) is 5.82 Å². The minimum atomic E-state index is -0.235. The number of ether oxygens (including phenoxy) is 1. The van der Waals surface area contributed by atoms with Crippen molar-refractivity contribution < 1.29 is 14.1 Å². The Bertz CT molecular complexity index is 497. The Hall–Kier alpha value is -1.43. The molecule has 122 valence electrons. The van der Waals surface area contributed by atoms with Crippen LogP contribution in [0.15, 0.2) is 4.52 Å². The zero-order chi connectivity index (χ0) is 15.4. The van der Waals surface area contributed by atoms with Crippen molar-refractivity contribution in [2.75, 3.05) is 19.7 Å². The topological polar surface area (TPSA) is 68.5 Å². The molecule has 2 fully saturated rings. The average molecular weight is 307 g/mol. The predicted octanol–water partition coefficient (Wildman–Crippen LogP) is 2.30. The summed E-state index contributed by atoms with van der Waals surface area (Å²) in [6, 6.07) is 0. The molecule has 0 unspecified atom stereocenters. The van der Waals surface area contributed by atoms with Crippen molar-refractivity contribution in [1.29, 1.82) is 0 Å². The number of hydrogen-bond donors (Lipinski definition) is 0. The lowest BCUT2D eigenvalue weighted by Crippen LogP contribution is -2.44. The maximum Gasteiger partial charge on any atom is 0.251 e. The van der Waals surface area contributed by atoms with Crippen LogP contribution in [0.3, 0.4) is 0 Å². The number of aromatic nitrogens is 2. The molecule has 0 aliphatic carbocycles. The van der Waals surface area contributed by atoms with E-state index in [1.807, 2.05) is 4.90 Å². The van der Waals surface area contributed by atoms with Crippen LogP contribution in [0.2, 0.25) is 0 Å². The summed E-state index contributed by atoms with van der Waals surface area (Å²) >= 11 is 0. The second-order valence-electron chi connectivity index (χ2n) is 6.28. The third kappa shape index (κ3) is 3.48. The second kappa shape index (κ2) is 7.22. The third-order valence-electron chi connectivity index (χ3n) is 4.53. The van der Waals surface area contributed by atoms with Gasteiger partial charge in [-0.3, -0.25) is 4.79 Å². The number of carbonyl (C=O) groups is 1. The Balaban J connectivity index is 1.60. The summed E-state index contributed by atoms with van der Waals surface area (Å²) in [4.78, 5) is 18.9. The highest BCUT2D eigenvalue weighted by atomic mass is 16.5. The minimum absolute atomic E-state index is 0.132. The molecule has 2 saturated heterocycles. The van der Waals surface area contributed by atoms with Crippen molar-refractivity contribution in [3.8, 4) is 0 Å². The van der Waals surface area contributed by atoms with Gasteiger partial charge in [-0.2, -0.15) is 4.98 Å². The van der Waals surface area contributed by atoms with Crippen LogP contribution in [0.1, 0.15) is 63.1 Å². The van der Waals surface area contributed by atoms with Crippen LogP contribution in [-0.2, 0) is 16.0 Å². The molecule has 2 aliphatic heterocycles. The predicted molar refractivity (Wildman–Crippen MR) is 80.4 cm³/mol. The SMILES string of the molecule is CCCCc1noc([C@@H]2CCCN(C(=O)[C@@H]3CCCO3)C2)n1. The molecule has 1 aromatic heterocycles. The summed E-state index contributed by atoms with van der Waals surface area (Å²) in [6.07, 6.45) is 6.65. The molecule has 0 radical (unpaired) electrons. The van der Waals surface area contributed by atoms with Gasteiger partial charge in [0.25, 0.3) is 5.91 Å². The molecule has 2 atom stereocenters. The van der Waals surface area contributed by atoms with Gasteiger partial charge in [0.05, 0.1) is 5.92 Å². The van der Waals surface area contributed by atoms with Crippen LogP contribution in [0, 0.1) is 0 Å². The number of likely N-dealkylation sites (tertiary alicyclic amines) is 1. The number of hydrogen-bond acceptors (Lipinski definition) is 5. The van der Waals surface area contributed by atoms with Gasteiger partial charge in [0, 0.05) is 26.1 Å². The maximum atomic E-state index is 12.5. The highest BCUT2D eigenvalue weighted by Crippen LogP contribution is 2.27. The fourth-order valence-electron chi connectivity index (χ4n) is 3.22. The van der Waals surface area contributed by atoms with E-state index in [-0.39, 0.29) is 17.9 Å². The average Bonchev–Trinajstić information content (AvgIpc) is 3.24. The number of carbonyl (C=O) groups excluding carboxylic acids is 1. The number of unbranched alkanes of at least 4 members (excludes halogenated alkanes) is 1. The van der Waals surface area contributed by atoms with Crippen molar-refractivity contribution in [3.05, 3.63) is 11.7 Å². The molecule has 3 rings (SSSR count). The van der Waals surface area contributed by atoms with Crippen molar-refractivity contribution in [2.24, 2.45) is 0 Å². The molecule has 6 heteroatoms. The maximum absolute atomic E-state index is 12.5. The summed E-state index contributed by atoms with van der Waals surface area (Å²) in [7, 11) is 0. The van der Waals surface area contributed by atoms with Gasteiger partial charge in [0.1, 0.15) is 6.10 Å². The van der Waals surface area contributed by atoms with Gasteiger partial charge < -0.3 is 14.2 Å². The van der Waals surface area contributed by atoms with Crippen LogP contribution in [0.25, 0.3) is 0 Å². The smallest absolute Gasteiger partial charge is 0.251 e. The Kier molecular flexibility index (Phi) is 5.08. The fourth-order valence-corrected chi connectivity index (χ4v) is 3.22. The molecule has 1 aromatic rings. The first-order valence-corrected chi connectivity index (χ1v) is 8.50. The van der Waals surface area contributed by atoms with Gasteiger partial charge in [-0.15, -0.1) is 0 Å². The van der Waals surface area contributed by atoms with E-state index in [0.717, 1.165) is 57.3 Å². The highest BCUT2D eigenvalue weighted by molar-refractivity contribution is 5.81. The lowest BCUT2D eigenvalue weighted by molar-refractivity contribution is -0.142. The first-order chi connectivity index (χ1) is 10.8. The van der Waals surface area contributed by atoms with E-state index >= 15 is 0 Å². The Labute approximate surface area is 131 Å². The highest BCUT2D eigenvalue weighted by Gasteiger charge is 2.33. The van der Waals surface area contributed by atoms with Crippen LogP contribution < -0.4 is 0 Å². The van der Waals surface area contributed by atoms with E-state index in [0.29, 0.717) is 19.0 Å². The molecule has 3 heterocycles. The molecular weight excluding hydrogens is 282 g/mol. The van der Waals surface area contributed by atoms with Gasteiger partial charge in [0.2, 0.25) is 5.89 Å². The normalized spacial score (nSPS) is 25.6. The number of amides is 1. The summed E-state index contributed by atoms with van der Waals surface area (Å²) in [5.74, 6) is 1.78. The van der Waals surface area contributed by atoms with Gasteiger partial charge in [-0.05, 0) is 32.1 Å². The molecule has 0 aromatic carbocycles. The van der Waals surface area contributed by atoms with Crippen molar-refractivity contribution in [2.45, 2.75) is 63.9 Å². The molecular formula is C16H25N3O3. The standard InChI is InChI=1S/C16H25N3O3/c1-2-3-8-14-17-15(22-18-14)12-6-4-9-19(11-12)16(20)13-7-5-10-21-13/h12-13H,2-11H2,1H3/t12-,13+/m1/s1. The molecule has 0 spiro atoms. The Morgan fingerprint density at radius 3 is 3.05 bits per heavy atom. The summed E-state index contributed by atoms with van der Waals surface area (Å²) in [6.45, 7) is 4.34. The van der Waals surface area contributed by atoms with Crippen LogP contribution >= 0.6 is 0 Å². The number of rotatable bonds is 5. The quantitative estimate of drug-likeness (QED) is 0.835. The van der Waals surface area contributed by atoms with E-state index in [9.17, 15) is 4.79 Å². The molecule has 22 heavy (non-hydrogen) atoms. The number of nitrogens with zero attached hydrogens (tertiary/aromatic N) is 3. The monoisotopic (exact) mass is 307 g/mol. The lowest BCUT2D eigenvalue weighted by Gasteiger charge is -2.32. The molecule has 0 N–H and O–H groups in total. The largest absolute Gasteiger partial charge is 0.368 e. The molecule has 1 amide bonds. The van der Waals surface area contributed by atoms with Crippen LogP contribution in [0.4, 0.5) is 0 Å². The molecule has 0 bridgehead atoms. The Morgan fingerprint density at radius 2 is 2.27 bits per heavy atom. The molecule has 0 saturated carbocycles. The van der Waals surface area contributed by atoms with E-state index in [1.54, 1.807) is 0 Å². The number of piperidine rings is 1. The summed E-state index contributed by atoms with van der Waals surface area (Å²) in [5, 5.41) is 4.06. The molecule has 2 aliphatic rings. The van der Waals surface area contributed by atoms with Crippen LogP contribution in [0.5, 0.6) is 0 Å². The first-order valence-electron chi connectivity index (χ1n) is 8.50. The number of aryl methyl sites for hydroxylation is 1. The lowest BCUT2D eigenvalue weighted by atomic mass is 9.97. The van der Waals surface area contributed by atoms with Gasteiger partial charge >= 0.3 is 0 Å². The van der Waals surface area contributed by atoms with E-state index in [2.05, 4.69) is 17.1 Å². The molecule has 6 nitrogen and oxygen atoms in total. The fraction of sp³-hybridized carbons (Fsp3) is 0.812. The third-order valence-corrected chi connectivity index (χ3v) is 4.53.